The van der Waals surface area contributed by atoms with Gasteiger partial charge in [0.05, 0.1) is 30.6 Å². The molecule has 37 heavy (non-hydrogen) atoms. The van der Waals surface area contributed by atoms with Crippen LogP contribution in [0.4, 0.5) is 0 Å². The van der Waals surface area contributed by atoms with E-state index < -0.39 is 0 Å². The van der Waals surface area contributed by atoms with Crippen molar-refractivity contribution in [2.75, 3.05) is 19.0 Å². The second-order valence-corrected chi connectivity index (χ2v) is 10.2. The highest BCUT2D eigenvalue weighted by atomic mass is 32.2. The van der Waals surface area contributed by atoms with Crippen LogP contribution in [0.25, 0.3) is 0 Å². The molecule has 3 rings (SSSR count). The summed E-state index contributed by atoms with van der Waals surface area (Å²) in [5, 5.41) is 0. The molecule has 0 bridgehead atoms. The Labute approximate surface area is 224 Å². The third-order valence-electron chi connectivity index (χ3n) is 5.87. The maximum atomic E-state index is 13.3. The Kier molecular flexibility index (Phi) is 10.6. The molecule has 1 unspecified atom stereocenters. The molecule has 0 aliphatic rings. The van der Waals surface area contributed by atoms with Gasteiger partial charge in [0.15, 0.2) is 5.78 Å². The van der Waals surface area contributed by atoms with E-state index in [-0.39, 0.29) is 23.6 Å². The molecular weight excluding hydrogens is 484 g/mol. The first-order valence-corrected chi connectivity index (χ1v) is 13.7. The van der Waals surface area contributed by atoms with Gasteiger partial charge in [-0.1, -0.05) is 50.2 Å². The number of hydrogen-bond acceptors (Lipinski definition) is 6. The SMILES string of the molecule is CCOC(=O)CSc1ccc(OCCC(C)Oc2ccc(C(C)C)cc2C(=O)c2ccccc2)cc1C. The molecule has 0 fully saturated rings. The molecule has 5 nitrogen and oxygen atoms in total. The number of thioether (sulfide) groups is 1. The molecule has 3 aromatic rings. The average molecular weight is 521 g/mol. The van der Waals surface area contributed by atoms with Crippen molar-refractivity contribution in [3.05, 3.63) is 89.0 Å². The molecule has 0 saturated carbocycles. The first-order valence-electron chi connectivity index (χ1n) is 12.7. The van der Waals surface area contributed by atoms with E-state index in [9.17, 15) is 9.59 Å². The lowest BCUT2D eigenvalue weighted by Crippen LogP contribution is -2.18. The summed E-state index contributed by atoms with van der Waals surface area (Å²) >= 11 is 1.46. The molecule has 0 radical (unpaired) electrons. The van der Waals surface area contributed by atoms with Crippen LogP contribution < -0.4 is 9.47 Å². The van der Waals surface area contributed by atoms with Gasteiger partial charge >= 0.3 is 5.97 Å². The van der Waals surface area contributed by atoms with Crippen molar-refractivity contribution in [3.63, 3.8) is 0 Å². The monoisotopic (exact) mass is 520 g/mol. The summed E-state index contributed by atoms with van der Waals surface area (Å²) in [5.74, 6) is 1.69. The zero-order valence-corrected chi connectivity index (χ0v) is 23.1. The normalized spacial score (nSPS) is 11.7. The molecule has 0 heterocycles. The van der Waals surface area contributed by atoms with Gasteiger partial charge in [-0.2, -0.15) is 0 Å². The van der Waals surface area contributed by atoms with Gasteiger partial charge in [-0.05, 0) is 68.1 Å². The second-order valence-electron chi connectivity index (χ2n) is 9.19. The summed E-state index contributed by atoms with van der Waals surface area (Å²) in [6, 6.07) is 21.0. The smallest absolute Gasteiger partial charge is 0.316 e. The Morgan fingerprint density at radius 2 is 1.70 bits per heavy atom. The molecule has 0 aromatic heterocycles. The van der Waals surface area contributed by atoms with Crippen LogP contribution in [0, 0.1) is 6.92 Å². The molecule has 0 N–H and O–H groups in total. The van der Waals surface area contributed by atoms with Crippen LogP contribution in [0.1, 0.15) is 67.1 Å². The van der Waals surface area contributed by atoms with E-state index in [1.807, 2.05) is 80.6 Å². The van der Waals surface area contributed by atoms with Gasteiger partial charge in [-0.25, -0.2) is 0 Å². The zero-order valence-electron chi connectivity index (χ0n) is 22.3. The van der Waals surface area contributed by atoms with Crippen LogP contribution in [0.3, 0.4) is 0 Å². The average Bonchev–Trinajstić information content (AvgIpc) is 2.88. The maximum absolute atomic E-state index is 13.3. The summed E-state index contributed by atoms with van der Waals surface area (Å²) in [5.41, 5.74) is 3.37. The summed E-state index contributed by atoms with van der Waals surface area (Å²) in [6.07, 6.45) is 0.510. The van der Waals surface area contributed by atoms with Crippen LogP contribution in [-0.4, -0.2) is 36.8 Å². The lowest BCUT2D eigenvalue weighted by molar-refractivity contribution is -0.139. The van der Waals surface area contributed by atoms with Gasteiger partial charge in [-0.15, -0.1) is 11.8 Å². The third-order valence-corrected chi connectivity index (χ3v) is 7.02. The third kappa shape index (κ3) is 8.39. The number of rotatable bonds is 13. The zero-order chi connectivity index (χ0) is 26.8. The van der Waals surface area contributed by atoms with Gasteiger partial charge < -0.3 is 14.2 Å². The lowest BCUT2D eigenvalue weighted by atomic mass is 9.96. The Hall–Kier alpha value is -3.25. The van der Waals surface area contributed by atoms with E-state index in [0.29, 0.717) is 42.4 Å². The molecule has 0 aliphatic carbocycles. The number of hydrogen-bond donors (Lipinski definition) is 0. The van der Waals surface area contributed by atoms with Crippen molar-refractivity contribution in [2.24, 2.45) is 0 Å². The van der Waals surface area contributed by atoms with Crippen molar-refractivity contribution in [3.8, 4) is 11.5 Å². The quantitative estimate of drug-likeness (QED) is 0.134. The molecule has 6 heteroatoms. The van der Waals surface area contributed by atoms with E-state index in [4.69, 9.17) is 14.2 Å². The van der Waals surface area contributed by atoms with Gasteiger partial charge in [0.1, 0.15) is 11.5 Å². The molecule has 3 aromatic carbocycles. The predicted octanol–water partition coefficient (Wildman–Crippen LogP) is 7.24. The molecular formula is C31H36O5S. The fraction of sp³-hybridized carbons (Fsp3) is 0.355. The van der Waals surface area contributed by atoms with Crippen molar-refractivity contribution in [1.29, 1.82) is 0 Å². The van der Waals surface area contributed by atoms with Gasteiger partial charge in [0.2, 0.25) is 0 Å². The van der Waals surface area contributed by atoms with E-state index in [1.165, 1.54) is 11.8 Å². The highest BCUT2D eigenvalue weighted by Crippen LogP contribution is 2.29. The highest BCUT2D eigenvalue weighted by molar-refractivity contribution is 8.00. The second kappa shape index (κ2) is 13.9. The number of ketones is 1. The van der Waals surface area contributed by atoms with E-state index in [1.54, 1.807) is 6.92 Å². The first kappa shape index (κ1) is 28.3. The van der Waals surface area contributed by atoms with Crippen LogP contribution in [-0.2, 0) is 9.53 Å². The Morgan fingerprint density at radius 1 is 0.946 bits per heavy atom. The van der Waals surface area contributed by atoms with E-state index in [0.717, 1.165) is 21.8 Å². The number of carbonyl (C=O) groups is 2. The van der Waals surface area contributed by atoms with E-state index in [2.05, 4.69) is 13.8 Å². The molecule has 0 aliphatic heterocycles. The summed E-state index contributed by atoms with van der Waals surface area (Å²) in [6.45, 7) is 10.9. The van der Waals surface area contributed by atoms with Crippen molar-refractivity contribution in [1.82, 2.24) is 0 Å². The highest BCUT2D eigenvalue weighted by Gasteiger charge is 2.18. The van der Waals surface area contributed by atoms with Crippen molar-refractivity contribution in [2.45, 2.75) is 58.0 Å². The number of aryl methyl sites for hydroxylation is 1. The first-order chi connectivity index (χ1) is 17.8. The summed E-state index contributed by atoms with van der Waals surface area (Å²) in [4.78, 5) is 25.9. The topological polar surface area (TPSA) is 61.8 Å². The van der Waals surface area contributed by atoms with Crippen LogP contribution in [0.2, 0.25) is 0 Å². The fourth-order valence-corrected chi connectivity index (χ4v) is 4.57. The van der Waals surface area contributed by atoms with Crippen LogP contribution in [0.15, 0.2) is 71.6 Å². The van der Waals surface area contributed by atoms with Crippen LogP contribution in [0.5, 0.6) is 11.5 Å². The number of carbonyl (C=O) groups excluding carboxylic acids is 2. The minimum Gasteiger partial charge on any atom is -0.493 e. The lowest BCUT2D eigenvalue weighted by Gasteiger charge is -2.19. The van der Waals surface area contributed by atoms with Gasteiger partial charge in [0, 0.05) is 16.9 Å². The standard InChI is InChI=1S/C31H36O5S/c1-6-34-30(32)20-37-29-15-13-26(18-22(29)4)35-17-16-23(5)36-28-14-12-25(21(2)3)19-27(28)31(33)24-10-8-7-9-11-24/h7-15,18-19,21,23H,6,16-17,20H2,1-5H3. The molecule has 0 amide bonds. The number of esters is 1. The molecule has 196 valence electrons. The minimum atomic E-state index is -0.214. The van der Waals surface area contributed by atoms with Crippen molar-refractivity contribution < 1.29 is 23.8 Å². The maximum Gasteiger partial charge on any atom is 0.316 e. The molecule has 0 saturated heterocycles. The van der Waals surface area contributed by atoms with E-state index >= 15 is 0 Å². The van der Waals surface area contributed by atoms with Gasteiger partial charge in [0.25, 0.3) is 0 Å². The van der Waals surface area contributed by atoms with Gasteiger partial charge in [-0.3, -0.25) is 9.59 Å². The Balaban J connectivity index is 1.59. The Bertz CT molecular complexity index is 1190. The number of ether oxygens (including phenoxy) is 3. The minimum absolute atomic E-state index is 0.0436. The number of benzene rings is 3. The fourth-order valence-electron chi connectivity index (χ4n) is 3.76. The predicted molar refractivity (Wildman–Crippen MR) is 149 cm³/mol. The van der Waals surface area contributed by atoms with Crippen LogP contribution >= 0.6 is 11.8 Å². The summed E-state index contributed by atoms with van der Waals surface area (Å²) < 4.78 is 17.2. The summed E-state index contributed by atoms with van der Waals surface area (Å²) in [7, 11) is 0. The van der Waals surface area contributed by atoms with Crippen molar-refractivity contribution >= 4 is 23.5 Å². The largest absolute Gasteiger partial charge is 0.493 e. The molecule has 0 spiro atoms. The Morgan fingerprint density at radius 3 is 2.38 bits per heavy atom. The molecule has 1 atom stereocenters.